The van der Waals surface area contributed by atoms with Gasteiger partial charge in [-0.2, -0.15) is 0 Å². The fourth-order valence-electron chi connectivity index (χ4n) is 2.51. The minimum absolute atomic E-state index is 0. The molecule has 0 bridgehead atoms. The van der Waals surface area contributed by atoms with Crippen LogP contribution in [0.2, 0.25) is 0 Å². The Balaban J connectivity index is 0.00000162. The summed E-state index contributed by atoms with van der Waals surface area (Å²) in [7, 11) is 6.22. The van der Waals surface area contributed by atoms with Crippen LogP contribution >= 0.6 is 0 Å². The van der Waals surface area contributed by atoms with Crippen molar-refractivity contribution in [2.45, 2.75) is 26.3 Å². The smallest absolute Gasteiger partial charge is 0.144 e. The number of benzene rings is 1. The molecule has 1 heterocycles. The quantitative estimate of drug-likeness (QED) is 0.523. The Kier molecular flexibility index (Phi) is 4.18. The molecule has 3 heteroatoms. The lowest BCUT2D eigenvalue weighted by Gasteiger charge is -2.46. The largest absolute Gasteiger partial charge is 1.00 e. The first-order valence-electron chi connectivity index (χ1n) is 6.02. The number of rotatable bonds is 1. The maximum Gasteiger partial charge on any atom is 0.144 e. The molecular formula is C15H22INO. The fourth-order valence-corrected chi connectivity index (χ4v) is 2.51. The van der Waals surface area contributed by atoms with Gasteiger partial charge in [0, 0.05) is 11.6 Å². The van der Waals surface area contributed by atoms with Crippen molar-refractivity contribution in [2.75, 3.05) is 21.2 Å². The highest BCUT2D eigenvalue weighted by Gasteiger charge is 2.42. The van der Waals surface area contributed by atoms with E-state index in [1.54, 1.807) is 7.11 Å². The summed E-state index contributed by atoms with van der Waals surface area (Å²) >= 11 is 0. The molecule has 18 heavy (non-hydrogen) atoms. The van der Waals surface area contributed by atoms with Gasteiger partial charge in [0.1, 0.15) is 17.0 Å². The minimum atomic E-state index is 0. The van der Waals surface area contributed by atoms with Gasteiger partial charge in [0.05, 0.1) is 21.2 Å². The van der Waals surface area contributed by atoms with Crippen LogP contribution in [0.3, 0.4) is 0 Å². The minimum Gasteiger partial charge on any atom is -1.00 e. The van der Waals surface area contributed by atoms with Crippen LogP contribution in [-0.2, 0) is 0 Å². The van der Waals surface area contributed by atoms with Crippen LogP contribution in [0.15, 0.2) is 24.3 Å². The summed E-state index contributed by atoms with van der Waals surface area (Å²) in [5.74, 6) is 0.931. The van der Waals surface area contributed by atoms with Gasteiger partial charge in [0.25, 0.3) is 0 Å². The maximum atomic E-state index is 5.35. The third-order valence-corrected chi connectivity index (χ3v) is 4.24. The van der Waals surface area contributed by atoms with E-state index in [4.69, 9.17) is 4.74 Å². The molecule has 0 saturated carbocycles. The Morgan fingerprint density at radius 1 is 1.17 bits per heavy atom. The molecule has 0 radical (unpaired) electrons. The van der Waals surface area contributed by atoms with Crippen LogP contribution in [0.1, 0.15) is 26.3 Å². The van der Waals surface area contributed by atoms with Crippen LogP contribution in [0.25, 0.3) is 5.57 Å². The Hall–Kier alpha value is -0.550. The zero-order valence-electron chi connectivity index (χ0n) is 12.0. The lowest BCUT2D eigenvalue weighted by molar-refractivity contribution is -0.00000420. The van der Waals surface area contributed by atoms with Gasteiger partial charge >= 0.3 is 0 Å². The first kappa shape index (κ1) is 15.5. The average molecular weight is 359 g/mol. The molecule has 0 saturated heterocycles. The number of quaternary nitrogens is 1. The van der Waals surface area contributed by atoms with Crippen molar-refractivity contribution in [1.82, 2.24) is 4.48 Å². The number of methoxy groups -OCH3 is 1. The van der Waals surface area contributed by atoms with Crippen LogP contribution in [0, 0.1) is 0 Å². The zero-order chi connectivity index (χ0) is 12.8. The molecule has 1 aliphatic rings. The topological polar surface area (TPSA) is 9.23 Å². The first-order chi connectivity index (χ1) is 7.79. The molecule has 0 atom stereocenters. The summed E-state index contributed by atoms with van der Waals surface area (Å²) < 4.78 is 6.19. The Morgan fingerprint density at radius 2 is 1.78 bits per heavy atom. The van der Waals surface area contributed by atoms with Crippen LogP contribution in [-0.4, -0.2) is 26.7 Å². The van der Waals surface area contributed by atoms with Gasteiger partial charge in [-0.3, -0.25) is 4.48 Å². The summed E-state index contributed by atoms with van der Waals surface area (Å²) in [6, 6.07) is 6.36. The highest BCUT2D eigenvalue weighted by molar-refractivity contribution is 5.79. The third kappa shape index (κ3) is 2.18. The van der Waals surface area contributed by atoms with Crippen LogP contribution in [0.5, 0.6) is 5.75 Å². The van der Waals surface area contributed by atoms with Gasteiger partial charge < -0.3 is 28.7 Å². The van der Waals surface area contributed by atoms with Crippen molar-refractivity contribution in [3.05, 3.63) is 29.8 Å². The molecule has 2 rings (SSSR count). The molecule has 0 spiro atoms. The van der Waals surface area contributed by atoms with Gasteiger partial charge in [0.15, 0.2) is 0 Å². The highest BCUT2D eigenvalue weighted by atomic mass is 127. The predicted octanol–water partition coefficient (Wildman–Crippen LogP) is 0.462. The normalized spacial score (nSPS) is 19.3. The van der Waals surface area contributed by atoms with Crippen molar-refractivity contribution in [2.24, 2.45) is 0 Å². The van der Waals surface area contributed by atoms with Crippen molar-refractivity contribution >= 4 is 11.3 Å². The van der Waals surface area contributed by atoms with Gasteiger partial charge in [-0.05, 0) is 44.6 Å². The average Bonchev–Trinajstić information content (AvgIpc) is 2.25. The van der Waals surface area contributed by atoms with E-state index in [1.165, 1.54) is 16.8 Å². The molecule has 0 aliphatic carbocycles. The van der Waals surface area contributed by atoms with E-state index >= 15 is 0 Å². The molecule has 2 nitrogen and oxygen atoms in total. The molecule has 0 fully saturated rings. The lowest BCUT2D eigenvalue weighted by Crippen LogP contribution is -3.00. The van der Waals surface area contributed by atoms with Gasteiger partial charge in [-0.1, -0.05) is 0 Å². The van der Waals surface area contributed by atoms with Crippen LogP contribution in [0.4, 0.5) is 5.69 Å². The van der Waals surface area contributed by atoms with Crippen molar-refractivity contribution in [3.8, 4) is 5.75 Å². The van der Waals surface area contributed by atoms with Crippen molar-refractivity contribution in [3.63, 3.8) is 0 Å². The van der Waals surface area contributed by atoms with Gasteiger partial charge in [-0.25, -0.2) is 0 Å². The van der Waals surface area contributed by atoms with Crippen molar-refractivity contribution in [1.29, 1.82) is 0 Å². The fraction of sp³-hybridized carbons (Fsp3) is 0.467. The predicted molar refractivity (Wildman–Crippen MR) is 74.4 cm³/mol. The molecule has 0 amide bonds. The Bertz CT molecular complexity index is 489. The van der Waals surface area contributed by atoms with E-state index in [1.807, 2.05) is 6.07 Å². The second-order valence-corrected chi connectivity index (χ2v) is 5.82. The van der Waals surface area contributed by atoms with Gasteiger partial charge in [-0.15, -0.1) is 0 Å². The Morgan fingerprint density at radius 3 is 2.33 bits per heavy atom. The van der Waals surface area contributed by atoms with Gasteiger partial charge in [0.2, 0.25) is 0 Å². The standard InChI is InChI=1S/C15H22NO.HI/c1-11-10-15(2,3)16(4,5)14-9-12(17-6)7-8-13(11)14;/h7-10H,1-6H3;1H/q+1;/p-1. The van der Waals surface area contributed by atoms with E-state index in [2.05, 4.69) is 53.1 Å². The molecule has 1 aromatic carbocycles. The summed E-state index contributed by atoms with van der Waals surface area (Å²) in [6.07, 6.45) is 2.36. The summed E-state index contributed by atoms with van der Waals surface area (Å²) in [6.45, 7) is 6.74. The number of nitrogens with zero attached hydrogens (tertiary/aromatic N) is 1. The van der Waals surface area contributed by atoms with Crippen LogP contribution < -0.4 is 33.2 Å². The van der Waals surface area contributed by atoms with E-state index in [9.17, 15) is 0 Å². The molecular weight excluding hydrogens is 337 g/mol. The third-order valence-electron chi connectivity index (χ3n) is 4.24. The monoisotopic (exact) mass is 359 g/mol. The van der Waals surface area contributed by atoms with E-state index in [0.717, 1.165) is 10.2 Å². The maximum absolute atomic E-state index is 5.35. The molecule has 0 aromatic heterocycles. The summed E-state index contributed by atoms with van der Waals surface area (Å²) in [5.41, 5.74) is 4.11. The highest BCUT2D eigenvalue weighted by Crippen LogP contribution is 2.43. The number of hydrogen-bond donors (Lipinski definition) is 0. The molecule has 0 N–H and O–H groups in total. The Labute approximate surface area is 127 Å². The SMILES string of the molecule is COc1ccc2c(c1)[N+](C)(C)C(C)(C)C=C2C.[I-]. The number of allylic oxidation sites excluding steroid dienone is 1. The van der Waals surface area contributed by atoms with E-state index < -0.39 is 0 Å². The first-order valence-corrected chi connectivity index (χ1v) is 6.02. The lowest BCUT2D eigenvalue weighted by atomic mass is 9.87. The number of halogens is 1. The number of likely N-dealkylation sites (N-methyl/N-ethyl adjacent to an activating group) is 1. The molecule has 0 unspecified atom stereocenters. The molecule has 100 valence electrons. The zero-order valence-corrected chi connectivity index (χ0v) is 14.2. The van der Waals surface area contributed by atoms with E-state index in [-0.39, 0.29) is 29.5 Å². The van der Waals surface area contributed by atoms with Crippen molar-refractivity contribution < 1.29 is 28.7 Å². The molecule has 1 aromatic rings. The number of fused-ring (bicyclic) bond motifs is 1. The number of hydrogen-bond acceptors (Lipinski definition) is 1. The van der Waals surface area contributed by atoms with E-state index in [0.29, 0.717) is 0 Å². The second kappa shape index (κ2) is 4.85. The number of ether oxygens (including phenoxy) is 1. The second-order valence-electron chi connectivity index (χ2n) is 5.82. The summed E-state index contributed by atoms with van der Waals surface area (Å²) in [5, 5.41) is 0. The molecule has 1 aliphatic heterocycles. The summed E-state index contributed by atoms with van der Waals surface area (Å²) in [4.78, 5) is 0.